The number of likely N-dealkylation sites (tertiary alicyclic amines) is 1. The first-order valence-corrected chi connectivity index (χ1v) is 6.68. The van der Waals surface area contributed by atoms with Crippen molar-refractivity contribution < 1.29 is 9.90 Å². The number of halogens is 2. The van der Waals surface area contributed by atoms with Gasteiger partial charge in [0.15, 0.2) is 0 Å². The van der Waals surface area contributed by atoms with Crippen molar-refractivity contribution in [3.05, 3.63) is 34.9 Å². The Hall–Kier alpha value is -0.770. The van der Waals surface area contributed by atoms with E-state index in [1.165, 1.54) is 5.56 Å². The van der Waals surface area contributed by atoms with Gasteiger partial charge in [0.25, 0.3) is 0 Å². The number of carbonyl (C=O) groups is 1. The minimum Gasteiger partial charge on any atom is -0.481 e. The molecule has 1 atom stereocenters. The van der Waals surface area contributed by atoms with E-state index in [9.17, 15) is 4.79 Å². The Balaban J connectivity index is 0.00000180. The van der Waals surface area contributed by atoms with Gasteiger partial charge < -0.3 is 5.11 Å². The SMILES string of the molecule is CC(c1cccc(Cl)c1)N1CCC(C(=O)O)CC1.Cl. The maximum Gasteiger partial charge on any atom is 0.306 e. The van der Waals surface area contributed by atoms with E-state index in [1.54, 1.807) is 0 Å². The predicted molar refractivity (Wildman–Crippen MR) is 79.0 cm³/mol. The average molecular weight is 304 g/mol. The number of piperidine rings is 1. The van der Waals surface area contributed by atoms with E-state index in [1.807, 2.05) is 18.2 Å². The standard InChI is InChI=1S/C14H18ClNO2.ClH/c1-10(12-3-2-4-13(15)9-12)16-7-5-11(6-8-16)14(17)18;/h2-4,9-11H,5-8H2,1H3,(H,17,18);1H. The molecule has 1 aromatic carbocycles. The fourth-order valence-electron chi connectivity index (χ4n) is 2.51. The molecule has 5 heteroatoms. The molecule has 0 aromatic heterocycles. The van der Waals surface area contributed by atoms with Gasteiger partial charge in [0.1, 0.15) is 0 Å². The minimum atomic E-state index is -0.662. The van der Waals surface area contributed by atoms with Crippen LogP contribution in [-0.2, 0) is 4.79 Å². The molecular weight excluding hydrogens is 285 g/mol. The summed E-state index contributed by atoms with van der Waals surface area (Å²) >= 11 is 6.00. The zero-order valence-corrected chi connectivity index (χ0v) is 12.5. The van der Waals surface area contributed by atoms with Crippen LogP contribution >= 0.6 is 24.0 Å². The van der Waals surface area contributed by atoms with Crippen LogP contribution in [0.3, 0.4) is 0 Å². The highest BCUT2D eigenvalue weighted by Crippen LogP contribution is 2.27. The molecule has 0 amide bonds. The van der Waals surface area contributed by atoms with Crippen LogP contribution in [0.5, 0.6) is 0 Å². The first-order chi connectivity index (χ1) is 8.58. The monoisotopic (exact) mass is 303 g/mol. The number of hydrogen-bond donors (Lipinski definition) is 1. The molecule has 2 rings (SSSR count). The lowest BCUT2D eigenvalue weighted by atomic mass is 9.95. The number of nitrogens with zero attached hydrogens (tertiary/aromatic N) is 1. The molecular formula is C14H19Cl2NO2. The first kappa shape index (κ1) is 16.3. The van der Waals surface area contributed by atoms with Crippen LogP contribution in [0.4, 0.5) is 0 Å². The maximum absolute atomic E-state index is 10.9. The highest BCUT2D eigenvalue weighted by Gasteiger charge is 2.27. The lowest BCUT2D eigenvalue weighted by Crippen LogP contribution is -2.37. The molecule has 19 heavy (non-hydrogen) atoms. The second kappa shape index (κ2) is 7.13. The molecule has 1 aliphatic heterocycles. The fourth-order valence-corrected chi connectivity index (χ4v) is 2.71. The van der Waals surface area contributed by atoms with E-state index in [-0.39, 0.29) is 18.3 Å². The largest absolute Gasteiger partial charge is 0.481 e. The van der Waals surface area contributed by atoms with E-state index in [2.05, 4.69) is 17.9 Å². The number of aliphatic carboxylic acids is 1. The lowest BCUT2D eigenvalue weighted by Gasteiger charge is -2.35. The van der Waals surface area contributed by atoms with Gasteiger partial charge in [-0.2, -0.15) is 0 Å². The van der Waals surface area contributed by atoms with Crippen molar-refractivity contribution in [2.45, 2.75) is 25.8 Å². The fraction of sp³-hybridized carbons (Fsp3) is 0.500. The van der Waals surface area contributed by atoms with Crippen LogP contribution in [-0.4, -0.2) is 29.1 Å². The molecule has 0 saturated carbocycles. The molecule has 1 aromatic rings. The normalized spacial score (nSPS) is 18.6. The van der Waals surface area contributed by atoms with Crippen LogP contribution < -0.4 is 0 Å². The Kier molecular flexibility index (Phi) is 6.11. The Morgan fingerprint density at radius 3 is 2.58 bits per heavy atom. The second-order valence-corrected chi connectivity index (χ2v) is 5.32. The highest BCUT2D eigenvalue weighted by atomic mass is 35.5. The Morgan fingerprint density at radius 1 is 1.42 bits per heavy atom. The summed E-state index contributed by atoms with van der Waals surface area (Å²) in [4.78, 5) is 13.2. The topological polar surface area (TPSA) is 40.5 Å². The molecule has 0 bridgehead atoms. The third-order valence-electron chi connectivity index (χ3n) is 3.76. The molecule has 1 fully saturated rings. The predicted octanol–water partition coefficient (Wildman–Crippen LogP) is 3.62. The summed E-state index contributed by atoms with van der Waals surface area (Å²) in [5.74, 6) is -0.835. The Morgan fingerprint density at radius 2 is 2.05 bits per heavy atom. The number of carboxylic acids is 1. The summed E-state index contributed by atoms with van der Waals surface area (Å²) in [6.07, 6.45) is 1.47. The van der Waals surface area contributed by atoms with Crippen LogP contribution in [0.15, 0.2) is 24.3 Å². The van der Waals surface area contributed by atoms with Gasteiger partial charge in [-0.25, -0.2) is 0 Å². The van der Waals surface area contributed by atoms with Gasteiger partial charge in [-0.3, -0.25) is 9.69 Å². The van der Waals surface area contributed by atoms with Crippen LogP contribution in [0.1, 0.15) is 31.4 Å². The van der Waals surface area contributed by atoms with E-state index in [0.29, 0.717) is 6.04 Å². The number of rotatable bonds is 3. The van der Waals surface area contributed by atoms with E-state index < -0.39 is 5.97 Å². The zero-order chi connectivity index (χ0) is 13.1. The van der Waals surface area contributed by atoms with Crippen molar-refractivity contribution in [2.75, 3.05) is 13.1 Å². The smallest absolute Gasteiger partial charge is 0.306 e. The quantitative estimate of drug-likeness (QED) is 0.927. The summed E-state index contributed by atoms with van der Waals surface area (Å²) in [7, 11) is 0. The molecule has 1 unspecified atom stereocenters. The third kappa shape index (κ3) is 4.10. The van der Waals surface area contributed by atoms with Crippen molar-refractivity contribution in [1.82, 2.24) is 4.90 Å². The van der Waals surface area contributed by atoms with Crippen molar-refractivity contribution in [1.29, 1.82) is 0 Å². The molecule has 0 radical (unpaired) electrons. The van der Waals surface area contributed by atoms with E-state index >= 15 is 0 Å². The van der Waals surface area contributed by atoms with Gasteiger partial charge >= 0.3 is 5.97 Å². The molecule has 1 saturated heterocycles. The van der Waals surface area contributed by atoms with Crippen molar-refractivity contribution in [3.8, 4) is 0 Å². The second-order valence-electron chi connectivity index (χ2n) is 4.88. The number of carboxylic acid groups (broad SMARTS) is 1. The lowest BCUT2D eigenvalue weighted by molar-refractivity contribution is -0.143. The van der Waals surface area contributed by atoms with Gasteiger partial charge in [0.05, 0.1) is 5.92 Å². The molecule has 1 aliphatic rings. The highest BCUT2D eigenvalue weighted by molar-refractivity contribution is 6.30. The Labute approximate surface area is 125 Å². The molecule has 106 valence electrons. The Bertz CT molecular complexity index is 431. The van der Waals surface area contributed by atoms with Gasteiger partial charge in [-0.15, -0.1) is 12.4 Å². The molecule has 1 N–H and O–H groups in total. The van der Waals surface area contributed by atoms with Gasteiger partial charge in [0, 0.05) is 11.1 Å². The third-order valence-corrected chi connectivity index (χ3v) is 3.99. The summed E-state index contributed by atoms with van der Waals surface area (Å²) in [6.45, 7) is 3.82. The first-order valence-electron chi connectivity index (χ1n) is 6.30. The molecule has 1 heterocycles. The average Bonchev–Trinajstić information content (AvgIpc) is 2.38. The van der Waals surface area contributed by atoms with E-state index in [4.69, 9.17) is 16.7 Å². The summed E-state index contributed by atoms with van der Waals surface area (Å²) in [5.41, 5.74) is 1.19. The molecule has 3 nitrogen and oxygen atoms in total. The summed E-state index contributed by atoms with van der Waals surface area (Å²) in [5, 5.41) is 9.73. The van der Waals surface area contributed by atoms with Crippen LogP contribution in [0, 0.1) is 5.92 Å². The maximum atomic E-state index is 10.9. The summed E-state index contributed by atoms with van der Waals surface area (Å²) in [6, 6.07) is 8.17. The van der Waals surface area contributed by atoms with Crippen molar-refractivity contribution >= 4 is 30.0 Å². The van der Waals surface area contributed by atoms with Crippen LogP contribution in [0.25, 0.3) is 0 Å². The molecule has 0 aliphatic carbocycles. The molecule has 0 spiro atoms. The van der Waals surface area contributed by atoms with Gasteiger partial charge in [0.2, 0.25) is 0 Å². The summed E-state index contributed by atoms with van der Waals surface area (Å²) < 4.78 is 0. The van der Waals surface area contributed by atoms with Gasteiger partial charge in [-0.1, -0.05) is 23.7 Å². The zero-order valence-electron chi connectivity index (χ0n) is 10.9. The minimum absolute atomic E-state index is 0. The number of hydrogen-bond acceptors (Lipinski definition) is 2. The van der Waals surface area contributed by atoms with Crippen molar-refractivity contribution in [2.24, 2.45) is 5.92 Å². The number of benzene rings is 1. The van der Waals surface area contributed by atoms with Crippen molar-refractivity contribution in [3.63, 3.8) is 0 Å². The van der Waals surface area contributed by atoms with Gasteiger partial charge in [-0.05, 0) is 50.6 Å². The van der Waals surface area contributed by atoms with E-state index in [0.717, 1.165) is 31.0 Å². The van der Waals surface area contributed by atoms with Crippen LogP contribution in [0.2, 0.25) is 5.02 Å².